The van der Waals surface area contributed by atoms with E-state index in [9.17, 15) is 4.79 Å². The monoisotopic (exact) mass is 348 g/mol. The molecule has 118 valence electrons. The van der Waals surface area contributed by atoms with Gasteiger partial charge in [-0.3, -0.25) is 0 Å². The van der Waals surface area contributed by atoms with E-state index < -0.39 is 0 Å². The minimum atomic E-state index is -0.345. The molecule has 0 aliphatic heterocycles. The third-order valence-electron chi connectivity index (χ3n) is 3.28. The van der Waals surface area contributed by atoms with Crippen LogP contribution in [0.4, 0.5) is 0 Å². The van der Waals surface area contributed by atoms with Gasteiger partial charge in [-0.25, -0.2) is 9.78 Å². The zero-order valence-corrected chi connectivity index (χ0v) is 14.1. The van der Waals surface area contributed by atoms with Crippen LogP contribution in [-0.4, -0.2) is 22.0 Å². The number of fused-ring (bicyclic) bond motifs is 1. The maximum atomic E-state index is 11.9. The fraction of sp³-hybridized carbons (Fsp3) is 0.176. The highest BCUT2D eigenvalue weighted by molar-refractivity contribution is 6.39. The Labute approximate surface area is 143 Å². The quantitative estimate of drug-likeness (QED) is 0.669. The lowest BCUT2D eigenvalue weighted by Gasteiger charge is -2.07. The second-order valence-corrected chi connectivity index (χ2v) is 6.18. The van der Waals surface area contributed by atoms with Crippen LogP contribution in [0.5, 0.6) is 0 Å². The van der Waals surface area contributed by atoms with Crippen LogP contribution in [0.15, 0.2) is 36.4 Å². The van der Waals surface area contributed by atoms with E-state index in [1.54, 1.807) is 36.4 Å². The third-order valence-corrected chi connectivity index (χ3v) is 3.90. The van der Waals surface area contributed by atoms with E-state index in [-0.39, 0.29) is 12.1 Å². The Hall–Kier alpha value is -2.04. The van der Waals surface area contributed by atoms with Crippen LogP contribution in [0.3, 0.4) is 0 Å². The molecule has 0 saturated heterocycles. The second-order valence-electron chi connectivity index (χ2n) is 5.37. The van der Waals surface area contributed by atoms with E-state index >= 15 is 0 Å². The standard InChI is InChI=1S/C17H14Cl2N2O2/c1-9(2)23-17(22)11-5-3-10(4-6-11)16-20-14-12(18)7-8-13(19)15(14)21-16/h3-9H,1-2H3,(H,20,21). The summed E-state index contributed by atoms with van der Waals surface area (Å²) in [6.45, 7) is 3.63. The first-order valence-corrected chi connectivity index (χ1v) is 7.86. The third kappa shape index (κ3) is 3.19. The number of H-pyrrole nitrogens is 1. The molecule has 0 bridgehead atoms. The van der Waals surface area contributed by atoms with Crippen LogP contribution < -0.4 is 0 Å². The summed E-state index contributed by atoms with van der Waals surface area (Å²) < 4.78 is 5.16. The molecule has 4 nitrogen and oxygen atoms in total. The van der Waals surface area contributed by atoms with Gasteiger partial charge in [0.1, 0.15) is 11.3 Å². The van der Waals surface area contributed by atoms with Crippen molar-refractivity contribution in [2.24, 2.45) is 0 Å². The lowest BCUT2D eigenvalue weighted by atomic mass is 10.1. The number of nitrogens with zero attached hydrogens (tertiary/aromatic N) is 1. The molecule has 3 aromatic rings. The van der Waals surface area contributed by atoms with Crippen molar-refractivity contribution < 1.29 is 9.53 Å². The molecule has 2 aromatic carbocycles. The highest BCUT2D eigenvalue weighted by Gasteiger charge is 2.13. The zero-order chi connectivity index (χ0) is 16.6. The van der Waals surface area contributed by atoms with Gasteiger partial charge >= 0.3 is 5.97 Å². The van der Waals surface area contributed by atoms with Crippen molar-refractivity contribution in [1.82, 2.24) is 9.97 Å². The number of aromatic nitrogens is 2. The Morgan fingerprint density at radius 1 is 1.09 bits per heavy atom. The Bertz CT molecular complexity index is 831. The van der Waals surface area contributed by atoms with Gasteiger partial charge in [-0.2, -0.15) is 0 Å². The molecule has 0 amide bonds. The first kappa shape index (κ1) is 15.8. The number of carbonyl (C=O) groups is 1. The van der Waals surface area contributed by atoms with Gasteiger partial charge < -0.3 is 9.72 Å². The van der Waals surface area contributed by atoms with Gasteiger partial charge in [0.15, 0.2) is 0 Å². The normalized spacial score (nSPS) is 11.2. The number of benzene rings is 2. The number of aromatic amines is 1. The van der Waals surface area contributed by atoms with E-state index in [1.165, 1.54) is 0 Å². The Kier molecular flexibility index (Phi) is 4.28. The van der Waals surface area contributed by atoms with Crippen LogP contribution >= 0.6 is 23.2 Å². The molecule has 0 radical (unpaired) electrons. The molecule has 0 aliphatic rings. The van der Waals surface area contributed by atoms with Crippen LogP contribution in [0.2, 0.25) is 10.0 Å². The summed E-state index contributed by atoms with van der Waals surface area (Å²) in [7, 11) is 0. The van der Waals surface area contributed by atoms with Crippen LogP contribution in [0.25, 0.3) is 22.4 Å². The summed E-state index contributed by atoms with van der Waals surface area (Å²) in [5.74, 6) is 0.293. The molecule has 1 aromatic heterocycles. The molecule has 0 atom stereocenters. The fourth-order valence-corrected chi connectivity index (χ4v) is 2.61. The molecule has 0 aliphatic carbocycles. The van der Waals surface area contributed by atoms with Crippen molar-refractivity contribution in [3.8, 4) is 11.4 Å². The Morgan fingerprint density at radius 3 is 2.35 bits per heavy atom. The number of carbonyl (C=O) groups excluding carboxylic acids is 1. The van der Waals surface area contributed by atoms with Crippen LogP contribution in [0.1, 0.15) is 24.2 Å². The fourth-order valence-electron chi connectivity index (χ4n) is 2.21. The van der Waals surface area contributed by atoms with Crippen molar-refractivity contribution in [1.29, 1.82) is 0 Å². The summed E-state index contributed by atoms with van der Waals surface area (Å²) in [6, 6.07) is 10.4. The number of nitrogens with one attached hydrogen (secondary N) is 1. The summed E-state index contributed by atoms with van der Waals surface area (Å²) >= 11 is 12.3. The molecule has 1 N–H and O–H groups in total. The first-order valence-electron chi connectivity index (χ1n) is 7.11. The smallest absolute Gasteiger partial charge is 0.338 e. The summed E-state index contributed by atoms with van der Waals surface area (Å²) in [5.41, 5.74) is 2.64. The highest BCUT2D eigenvalue weighted by Crippen LogP contribution is 2.30. The molecule has 0 saturated carbocycles. The zero-order valence-electron chi connectivity index (χ0n) is 12.6. The lowest BCUT2D eigenvalue weighted by molar-refractivity contribution is 0.0378. The van der Waals surface area contributed by atoms with E-state index in [1.807, 2.05) is 13.8 Å². The molecule has 0 spiro atoms. The van der Waals surface area contributed by atoms with Crippen LogP contribution in [0, 0.1) is 0 Å². The number of ether oxygens (including phenoxy) is 1. The van der Waals surface area contributed by atoms with Gasteiger partial charge in [-0.05, 0) is 38.1 Å². The average Bonchev–Trinajstić information content (AvgIpc) is 2.97. The van der Waals surface area contributed by atoms with Crippen molar-refractivity contribution in [2.75, 3.05) is 0 Å². The van der Waals surface area contributed by atoms with E-state index in [0.717, 1.165) is 5.56 Å². The molecule has 6 heteroatoms. The number of rotatable bonds is 3. The van der Waals surface area contributed by atoms with Crippen molar-refractivity contribution in [3.63, 3.8) is 0 Å². The Balaban J connectivity index is 1.95. The van der Waals surface area contributed by atoms with Gasteiger partial charge in [0.05, 0.1) is 27.2 Å². The number of halogens is 2. The summed E-state index contributed by atoms with van der Waals surface area (Å²) in [5, 5.41) is 1.09. The van der Waals surface area contributed by atoms with Gasteiger partial charge in [0.2, 0.25) is 0 Å². The van der Waals surface area contributed by atoms with E-state index in [2.05, 4.69) is 9.97 Å². The average molecular weight is 349 g/mol. The minimum absolute atomic E-state index is 0.151. The van der Waals surface area contributed by atoms with Gasteiger partial charge in [-0.1, -0.05) is 35.3 Å². The molecule has 23 heavy (non-hydrogen) atoms. The van der Waals surface area contributed by atoms with Crippen LogP contribution in [-0.2, 0) is 4.74 Å². The minimum Gasteiger partial charge on any atom is -0.459 e. The molecule has 0 unspecified atom stereocenters. The van der Waals surface area contributed by atoms with Crippen molar-refractivity contribution in [2.45, 2.75) is 20.0 Å². The van der Waals surface area contributed by atoms with Crippen molar-refractivity contribution >= 4 is 40.2 Å². The Morgan fingerprint density at radius 2 is 1.74 bits per heavy atom. The highest BCUT2D eigenvalue weighted by atomic mass is 35.5. The SMILES string of the molecule is CC(C)OC(=O)c1ccc(-c2nc3c(Cl)ccc(Cl)c3[nH]2)cc1. The van der Waals surface area contributed by atoms with Gasteiger partial charge in [0, 0.05) is 5.56 Å². The molecule has 3 rings (SSSR count). The number of imidazole rings is 1. The maximum absolute atomic E-state index is 11.9. The second kappa shape index (κ2) is 6.22. The molecular formula is C17H14Cl2N2O2. The predicted molar refractivity (Wildman–Crippen MR) is 92.1 cm³/mol. The lowest BCUT2D eigenvalue weighted by Crippen LogP contribution is -2.11. The first-order chi connectivity index (χ1) is 11.0. The van der Waals surface area contributed by atoms with E-state index in [4.69, 9.17) is 27.9 Å². The van der Waals surface area contributed by atoms with E-state index in [0.29, 0.717) is 32.5 Å². The topological polar surface area (TPSA) is 55.0 Å². The van der Waals surface area contributed by atoms with Gasteiger partial charge in [-0.15, -0.1) is 0 Å². The summed E-state index contributed by atoms with van der Waals surface area (Å²) in [6.07, 6.45) is -0.151. The number of hydrogen-bond donors (Lipinski definition) is 1. The predicted octanol–water partition coefficient (Wildman–Crippen LogP) is 5.10. The summed E-state index contributed by atoms with van der Waals surface area (Å²) in [4.78, 5) is 19.5. The van der Waals surface area contributed by atoms with Gasteiger partial charge in [0.25, 0.3) is 0 Å². The maximum Gasteiger partial charge on any atom is 0.338 e. The largest absolute Gasteiger partial charge is 0.459 e. The van der Waals surface area contributed by atoms with Crippen molar-refractivity contribution in [3.05, 3.63) is 52.0 Å². The molecule has 0 fully saturated rings. The molecule has 1 heterocycles. The molecular weight excluding hydrogens is 335 g/mol. The number of esters is 1. The number of hydrogen-bond acceptors (Lipinski definition) is 3.